The van der Waals surface area contributed by atoms with Crippen LogP contribution in [0.15, 0.2) is 29.3 Å². The molecule has 26 heavy (non-hydrogen) atoms. The maximum Gasteiger partial charge on any atom is 0.239 e. The Balaban J connectivity index is 1.44. The minimum atomic E-state index is 0.00692. The molecular formula is C20H27N3O2S. The van der Waals surface area contributed by atoms with Crippen LogP contribution in [0.5, 0.6) is 5.75 Å². The molecule has 3 aliphatic heterocycles. The molecule has 6 heteroatoms. The molecule has 3 atom stereocenters. The van der Waals surface area contributed by atoms with Crippen molar-refractivity contribution in [3.63, 3.8) is 0 Å². The first kappa shape index (κ1) is 17.9. The molecule has 0 radical (unpaired) electrons. The monoisotopic (exact) mass is 373 g/mol. The van der Waals surface area contributed by atoms with Crippen LogP contribution in [0.3, 0.4) is 0 Å². The minimum Gasteiger partial charge on any atom is -0.507 e. The van der Waals surface area contributed by atoms with Crippen LogP contribution in [0.25, 0.3) is 0 Å². The number of thioether (sulfide) groups is 1. The number of rotatable bonds is 3. The highest BCUT2D eigenvalue weighted by molar-refractivity contribution is 8.14. The molecule has 3 aliphatic rings. The fraction of sp³-hybridized carbons (Fsp3) is 0.600. The second-order valence-corrected chi connectivity index (χ2v) is 8.55. The number of piperidine rings is 1. The average Bonchev–Trinajstić information content (AvgIpc) is 3.29. The van der Waals surface area contributed by atoms with Crippen LogP contribution in [0.4, 0.5) is 0 Å². The third-order valence-corrected chi connectivity index (χ3v) is 7.06. The summed E-state index contributed by atoms with van der Waals surface area (Å²) in [5.41, 5.74) is 0.821. The molecule has 1 aromatic rings. The summed E-state index contributed by atoms with van der Waals surface area (Å²) >= 11 is 1.71. The lowest BCUT2D eigenvalue weighted by Gasteiger charge is -2.33. The summed E-state index contributed by atoms with van der Waals surface area (Å²) < 4.78 is 0. The summed E-state index contributed by atoms with van der Waals surface area (Å²) in [7, 11) is 2.09. The van der Waals surface area contributed by atoms with Gasteiger partial charge in [-0.25, -0.2) is 0 Å². The predicted octanol–water partition coefficient (Wildman–Crippen LogP) is 2.73. The average molecular weight is 374 g/mol. The molecule has 0 aliphatic carbocycles. The van der Waals surface area contributed by atoms with Crippen LogP contribution in [-0.4, -0.2) is 69.9 Å². The number of hydrogen-bond donors (Lipinski definition) is 1. The minimum absolute atomic E-state index is 0.00692. The van der Waals surface area contributed by atoms with E-state index in [4.69, 9.17) is 4.99 Å². The fourth-order valence-corrected chi connectivity index (χ4v) is 5.61. The molecule has 1 amide bonds. The van der Waals surface area contributed by atoms with Gasteiger partial charge in [0, 0.05) is 30.4 Å². The lowest BCUT2D eigenvalue weighted by atomic mass is 10.1. The zero-order valence-electron chi connectivity index (χ0n) is 15.3. The first-order chi connectivity index (χ1) is 12.6. The smallest absolute Gasteiger partial charge is 0.239 e. The van der Waals surface area contributed by atoms with Crippen molar-refractivity contribution in [1.29, 1.82) is 0 Å². The topological polar surface area (TPSA) is 56.1 Å². The summed E-state index contributed by atoms with van der Waals surface area (Å²) in [5.74, 6) is 1.52. The molecule has 3 heterocycles. The van der Waals surface area contributed by atoms with Gasteiger partial charge in [-0.15, -0.1) is 11.8 Å². The molecule has 0 unspecified atom stereocenters. The SMILES string of the molecule is CN1[C@@H](C(=O)N2CCCCC2)CC[C@H]1[C@@H]1CSC(c2ccccc2O)=N1. The Labute approximate surface area is 159 Å². The molecule has 1 aromatic carbocycles. The van der Waals surface area contributed by atoms with Crippen molar-refractivity contribution >= 4 is 22.7 Å². The number of carbonyl (C=O) groups excluding carboxylic acids is 1. The number of likely N-dealkylation sites (N-methyl/N-ethyl adjacent to an activating group) is 1. The van der Waals surface area contributed by atoms with Crippen molar-refractivity contribution in [1.82, 2.24) is 9.80 Å². The van der Waals surface area contributed by atoms with Gasteiger partial charge in [0.2, 0.25) is 5.91 Å². The Bertz CT molecular complexity index is 702. The van der Waals surface area contributed by atoms with Crippen LogP contribution < -0.4 is 0 Å². The van der Waals surface area contributed by atoms with Crippen molar-refractivity contribution in [3.05, 3.63) is 29.8 Å². The fourth-order valence-electron chi connectivity index (χ4n) is 4.44. The standard InChI is InChI=1S/C20H27N3O2S/c1-22-16(9-10-17(22)20(25)23-11-5-2-6-12-23)15-13-26-19(21-15)14-7-3-4-8-18(14)24/h3-4,7-8,15-17,24H,2,5-6,9-13H2,1H3/t15-,16-,17+/m0/s1. The zero-order chi connectivity index (χ0) is 18.1. The van der Waals surface area contributed by atoms with Crippen molar-refractivity contribution < 1.29 is 9.90 Å². The van der Waals surface area contributed by atoms with E-state index in [9.17, 15) is 9.90 Å². The molecular weight excluding hydrogens is 346 g/mol. The Kier molecular flexibility index (Phi) is 5.23. The van der Waals surface area contributed by atoms with Gasteiger partial charge >= 0.3 is 0 Å². The molecule has 2 saturated heterocycles. The Morgan fingerprint density at radius 2 is 1.96 bits per heavy atom. The van der Waals surface area contributed by atoms with Gasteiger partial charge in [0.15, 0.2) is 0 Å². The maximum atomic E-state index is 12.9. The van der Waals surface area contributed by atoms with E-state index in [0.29, 0.717) is 11.9 Å². The molecule has 4 rings (SSSR count). The first-order valence-corrected chi connectivity index (χ1v) is 10.6. The maximum absolute atomic E-state index is 12.9. The van der Waals surface area contributed by atoms with Crippen molar-refractivity contribution in [2.24, 2.45) is 4.99 Å². The largest absolute Gasteiger partial charge is 0.507 e. The number of nitrogens with zero attached hydrogens (tertiary/aromatic N) is 3. The Morgan fingerprint density at radius 3 is 2.73 bits per heavy atom. The van der Waals surface area contributed by atoms with E-state index in [1.807, 2.05) is 18.2 Å². The molecule has 2 fully saturated rings. The highest BCUT2D eigenvalue weighted by atomic mass is 32.2. The number of phenols is 1. The third-order valence-electron chi connectivity index (χ3n) is 5.96. The number of para-hydroxylation sites is 1. The highest BCUT2D eigenvalue weighted by Crippen LogP contribution is 2.35. The highest BCUT2D eigenvalue weighted by Gasteiger charge is 2.42. The van der Waals surface area contributed by atoms with E-state index < -0.39 is 0 Å². The van der Waals surface area contributed by atoms with Gasteiger partial charge in [0.05, 0.1) is 12.1 Å². The molecule has 140 valence electrons. The van der Waals surface area contributed by atoms with E-state index in [1.54, 1.807) is 17.8 Å². The molecule has 0 spiro atoms. The van der Waals surface area contributed by atoms with Crippen LogP contribution in [0.1, 0.15) is 37.7 Å². The summed E-state index contributed by atoms with van der Waals surface area (Å²) in [6.07, 6.45) is 5.47. The van der Waals surface area contributed by atoms with Crippen LogP contribution in [-0.2, 0) is 4.79 Å². The van der Waals surface area contributed by atoms with E-state index in [0.717, 1.165) is 55.1 Å². The van der Waals surface area contributed by atoms with Gasteiger partial charge in [0.25, 0.3) is 0 Å². The normalized spacial score (nSPS) is 29.8. The number of hydrogen-bond acceptors (Lipinski definition) is 5. The molecule has 0 aromatic heterocycles. The number of benzene rings is 1. The number of likely N-dealkylation sites (tertiary alicyclic amines) is 2. The molecule has 5 nitrogen and oxygen atoms in total. The number of amides is 1. The number of phenolic OH excluding ortho intramolecular Hbond substituents is 1. The van der Waals surface area contributed by atoms with Gasteiger partial charge in [-0.05, 0) is 51.3 Å². The van der Waals surface area contributed by atoms with Gasteiger partial charge in [-0.3, -0.25) is 14.7 Å². The van der Waals surface area contributed by atoms with Crippen LogP contribution >= 0.6 is 11.8 Å². The summed E-state index contributed by atoms with van der Waals surface area (Å²) in [4.78, 5) is 22.1. The molecule has 0 bridgehead atoms. The first-order valence-electron chi connectivity index (χ1n) is 9.65. The third kappa shape index (κ3) is 3.37. The van der Waals surface area contributed by atoms with E-state index >= 15 is 0 Å². The summed E-state index contributed by atoms with van der Waals surface area (Å²) in [6.45, 7) is 1.84. The Morgan fingerprint density at radius 1 is 1.19 bits per heavy atom. The van der Waals surface area contributed by atoms with Crippen LogP contribution in [0, 0.1) is 0 Å². The van der Waals surface area contributed by atoms with Gasteiger partial charge in [-0.1, -0.05) is 12.1 Å². The molecule has 1 N–H and O–H groups in total. The van der Waals surface area contributed by atoms with E-state index in [2.05, 4.69) is 16.8 Å². The van der Waals surface area contributed by atoms with Crippen LogP contribution in [0.2, 0.25) is 0 Å². The van der Waals surface area contributed by atoms with Crippen molar-refractivity contribution in [2.75, 3.05) is 25.9 Å². The van der Waals surface area contributed by atoms with Gasteiger partial charge < -0.3 is 10.0 Å². The zero-order valence-corrected chi connectivity index (χ0v) is 16.1. The van der Waals surface area contributed by atoms with Crippen molar-refractivity contribution in [3.8, 4) is 5.75 Å². The second-order valence-electron chi connectivity index (χ2n) is 7.54. The lowest BCUT2D eigenvalue weighted by Crippen LogP contribution is -2.49. The summed E-state index contributed by atoms with van der Waals surface area (Å²) in [6, 6.07) is 7.90. The van der Waals surface area contributed by atoms with E-state index in [-0.39, 0.29) is 17.8 Å². The quantitative estimate of drug-likeness (QED) is 0.885. The number of aromatic hydroxyl groups is 1. The lowest BCUT2D eigenvalue weighted by molar-refractivity contribution is -0.136. The number of aliphatic imine (C=N–C) groups is 1. The molecule has 0 saturated carbocycles. The second kappa shape index (κ2) is 7.61. The van der Waals surface area contributed by atoms with Gasteiger partial charge in [0.1, 0.15) is 10.8 Å². The predicted molar refractivity (Wildman–Crippen MR) is 106 cm³/mol. The van der Waals surface area contributed by atoms with E-state index in [1.165, 1.54) is 6.42 Å². The summed E-state index contributed by atoms with van der Waals surface area (Å²) in [5, 5.41) is 11.0. The number of carbonyl (C=O) groups is 1. The van der Waals surface area contributed by atoms with Gasteiger partial charge in [-0.2, -0.15) is 0 Å². The van der Waals surface area contributed by atoms with Crippen molar-refractivity contribution in [2.45, 2.75) is 50.2 Å². The Hall–Kier alpha value is -1.53.